The molecule has 7 heteroatoms. The van der Waals surface area contributed by atoms with Gasteiger partial charge in [0.2, 0.25) is 0 Å². The highest BCUT2D eigenvalue weighted by atomic mass is 16.5. The van der Waals surface area contributed by atoms with E-state index in [1.165, 1.54) is 5.56 Å². The van der Waals surface area contributed by atoms with Crippen molar-refractivity contribution in [2.75, 3.05) is 34.9 Å². The van der Waals surface area contributed by atoms with Crippen molar-refractivity contribution in [1.82, 2.24) is 14.0 Å². The molecule has 0 bridgehead atoms. The molecule has 0 N–H and O–H groups in total. The van der Waals surface area contributed by atoms with E-state index in [-0.39, 0.29) is 5.69 Å². The molecular weight excluding hydrogens is 428 g/mol. The van der Waals surface area contributed by atoms with Crippen molar-refractivity contribution in [3.63, 3.8) is 0 Å². The lowest BCUT2D eigenvalue weighted by molar-refractivity contribution is 0.355. The van der Waals surface area contributed by atoms with E-state index in [0.717, 1.165) is 41.0 Å². The summed E-state index contributed by atoms with van der Waals surface area (Å²) in [5.74, 6) is 1.26. The highest BCUT2D eigenvalue weighted by Crippen LogP contribution is 2.32. The standard InChI is InChI=1S/C27H36N4O3/c1-18-14-19(2)26(20(3)15-18)28-25-17-22(21-10-11-23(33-7)24(16-21)34-8)31(27(32)30(25)6)13-9-12-29(4)5/h10-11,14-17H,9,12-13H2,1-8H3. The molecule has 0 unspecified atom stereocenters. The summed E-state index contributed by atoms with van der Waals surface area (Å²) in [7, 11) is 9.07. The third-order valence-electron chi connectivity index (χ3n) is 5.95. The lowest BCUT2D eigenvalue weighted by Crippen LogP contribution is -2.39. The topological polar surface area (TPSA) is 61.0 Å². The Morgan fingerprint density at radius 2 is 1.59 bits per heavy atom. The number of aromatic nitrogens is 2. The third kappa shape index (κ3) is 5.42. The van der Waals surface area contributed by atoms with Crippen molar-refractivity contribution in [3.05, 3.63) is 69.1 Å². The average molecular weight is 465 g/mol. The molecule has 2 aromatic carbocycles. The van der Waals surface area contributed by atoms with Crippen LogP contribution in [-0.4, -0.2) is 48.9 Å². The van der Waals surface area contributed by atoms with Gasteiger partial charge < -0.3 is 14.4 Å². The first kappa shape index (κ1) is 25.3. The number of hydrogen-bond acceptors (Lipinski definition) is 5. The number of nitrogens with zero attached hydrogens (tertiary/aromatic N) is 4. The molecule has 0 aliphatic heterocycles. The van der Waals surface area contributed by atoms with Crippen LogP contribution in [0.25, 0.3) is 11.3 Å². The van der Waals surface area contributed by atoms with Crippen LogP contribution in [0.1, 0.15) is 23.1 Å². The van der Waals surface area contributed by atoms with Gasteiger partial charge in [-0.15, -0.1) is 0 Å². The predicted molar refractivity (Wildman–Crippen MR) is 137 cm³/mol. The van der Waals surface area contributed by atoms with E-state index in [0.29, 0.717) is 23.5 Å². The number of ether oxygens (including phenoxy) is 2. The van der Waals surface area contributed by atoms with Crippen molar-refractivity contribution < 1.29 is 9.47 Å². The molecular formula is C27H36N4O3. The molecule has 3 rings (SSSR count). The Hall–Kier alpha value is -3.32. The van der Waals surface area contributed by atoms with Gasteiger partial charge in [0, 0.05) is 25.2 Å². The zero-order valence-corrected chi connectivity index (χ0v) is 21.6. The Kier molecular flexibility index (Phi) is 7.99. The average Bonchev–Trinajstić information content (AvgIpc) is 2.79. The Morgan fingerprint density at radius 1 is 0.941 bits per heavy atom. The van der Waals surface area contributed by atoms with Gasteiger partial charge >= 0.3 is 5.69 Å². The highest BCUT2D eigenvalue weighted by molar-refractivity contribution is 5.64. The van der Waals surface area contributed by atoms with Gasteiger partial charge in [0.1, 0.15) is 5.49 Å². The smallest absolute Gasteiger partial charge is 0.329 e. The largest absolute Gasteiger partial charge is 0.493 e. The summed E-state index contributed by atoms with van der Waals surface area (Å²) in [6.07, 6.45) is 0.847. The Morgan fingerprint density at radius 3 is 2.18 bits per heavy atom. The molecule has 0 spiro atoms. The Bertz CT molecular complexity index is 1280. The van der Waals surface area contributed by atoms with Gasteiger partial charge in [-0.05, 0) is 77.2 Å². The van der Waals surface area contributed by atoms with Gasteiger partial charge in [-0.1, -0.05) is 17.7 Å². The first-order chi connectivity index (χ1) is 16.2. The summed E-state index contributed by atoms with van der Waals surface area (Å²) < 4.78 is 14.4. The fourth-order valence-corrected chi connectivity index (χ4v) is 4.25. The summed E-state index contributed by atoms with van der Waals surface area (Å²) in [5, 5.41) is 0. The number of rotatable bonds is 8. The summed E-state index contributed by atoms with van der Waals surface area (Å²) in [5.41, 5.74) is 6.42. The maximum Gasteiger partial charge on any atom is 0.329 e. The van der Waals surface area contributed by atoms with Crippen LogP contribution in [0, 0.1) is 20.8 Å². The molecule has 0 aliphatic rings. The SMILES string of the molecule is COc1ccc(-c2cc(=Nc3c(C)cc(C)cc3C)n(C)c(=O)n2CCCN(C)C)cc1OC. The number of benzene rings is 2. The summed E-state index contributed by atoms with van der Waals surface area (Å²) in [6, 6.07) is 11.9. The van der Waals surface area contributed by atoms with Crippen LogP contribution in [0.15, 0.2) is 46.2 Å². The van der Waals surface area contributed by atoms with Gasteiger partial charge in [-0.2, -0.15) is 0 Å². The van der Waals surface area contributed by atoms with Crippen LogP contribution in [0.3, 0.4) is 0 Å². The van der Waals surface area contributed by atoms with Gasteiger partial charge in [0.25, 0.3) is 0 Å². The fraction of sp³-hybridized carbons (Fsp3) is 0.407. The molecule has 182 valence electrons. The quantitative estimate of drug-likeness (QED) is 0.506. The van der Waals surface area contributed by atoms with E-state index in [2.05, 4.69) is 37.8 Å². The predicted octanol–water partition coefficient (Wildman–Crippen LogP) is 3.98. The maximum absolute atomic E-state index is 13.5. The zero-order chi connectivity index (χ0) is 25.0. The zero-order valence-electron chi connectivity index (χ0n) is 21.6. The molecule has 1 aromatic heterocycles. The van der Waals surface area contributed by atoms with E-state index in [1.807, 2.05) is 42.9 Å². The minimum absolute atomic E-state index is 0.104. The lowest BCUT2D eigenvalue weighted by atomic mass is 10.1. The first-order valence-corrected chi connectivity index (χ1v) is 11.5. The monoisotopic (exact) mass is 464 g/mol. The Balaban J connectivity index is 2.27. The van der Waals surface area contributed by atoms with Crippen molar-refractivity contribution in [2.24, 2.45) is 12.0 Å². The molecule has 1 heterocycles. The number of methoxy groups -OCH3 is 2. The molecule has 0 saturated heterocycles. The van der Waals surface area contributed by atoms with Crippen LogP contribution in [0.2, 0.25) is 0 Å². The van der Waals surface area contributed by atoms with E-state index >= 15 is 0 Å². The fourth-order valence-electron chi connectivity index (χ4n) is 4.25. The highest BCUT2D eigenvalue weighted by Gasteiger charge is 2.14. The molecule has 0 radical (unpaired) electrons. The first-order valence-electron chi connectivity index (χ1n) is 11.5. The molecule has 0 amide bonds. The third-order valence-corrected chi connectivity index (χ3v) is 5.95. The molecule has 7 nitrogen and oxygen atoms in total. The van der Waals surface area contributed by atoms with E-state index in [4.69, 9.17) is 14.5 Å². The molecule has 0 aliphatic carbocycles. The van der Waals surface area contributed by atoms with Crippen LogP contribution >= 0.6 is 0 Å². The van der Waals surface area contributed by atoms with Crippen molar-refractivity contribution in [1.29, 1.82) is 0 Å². The van der Waals surface area contributed by atoms with Crippen molar-refractivity contribution in [3.8, 4) is 22.8 Å². The van der Waals surface area contributed by atoms with Crippen molar-refractivity contribution in [2.45, 2.75) is 33.7 Å². The minimum Gasteiger partial charge on any atom is -0.493 e. The summed E-state index contributed by atoms with van der Waals surface area (Å²) >= 11 is 0. The number of hydrogen-bond donors (Lipinski definition) is 0. The van der Waals surface area contributed by atoms with Gasteiger partial charge in [-0.25, -0.2) is 9.79 Å². The second-order valence-corrected chi connectivity index (χ2v) is 8.97. The molecule has 0 saturated carbocycles. The molecule has 3 aromatic rings. The van der Waals surface area contributed by atoms with E-state index in [1.54, 1.807) is 25.8 Å². The Labute approximate surface area is 201 Å². The van der Waals surface area contributed by atoms with Crippen molar-refractivity contribution >= 4 is 5.69 Å². The van der Waals surface area contributed by atoms with Gasteiger partial charge in [0.05, 0.1) is 25.6 Å². The second kappa shape index (κ2) is 10.7. The normalized spacial score (nSPS) is 11.9. The lowest BCUT2D eigenvalue weighted by Gasteiger charge is -2.18. The second-order valence-electron chi connectivity index (χ2n) is 8.97. The van der Waals surface area contributed by atoms with Gasteiger partial charge in [-0.3, -0.25) is 9.13 Å². The van der Waals surface area contributed by atoms with Crippen LogP contribution < -0.4 is 20.7 Å². The van der Waals surface area contributed by atoms with E-state index in [9.17, 15) is 4.79 Å². The minimum atomic E-state index is -0.104. The van der Waals surface area contributed by atoms with Gasteiger partial charge in [0.15, 0.2) is 11.5 Å². The maximum atomic E-state index is 13.5. The van der Waals surface area contributed by atoms with Crippen LogP contribution in [0.4, 0.5) is 5.69 Å². The summed E-state index contributed by atoms with van der Waals surface area (Å²) in [4.78, 5) is 20.6. The molecule has 0 atom stereocenters. The van der Waals surface area contributed by atoms with E-state index < -0.39 is 0 Å². The number of aryl methyl sites for hydroxylation is 3. The summed E-state index contributed by atoms with van der Waals surface area (Å²) in [6.45, 7) is 7.66. The van der Waals surface area contributed by atoms with Crippen LogP contribution in [-0.2, 0) is 13.6 Å². The molecule has 34 heavy (non-hydrogen) atoms. The van der Waals surface area contributed by atoms with Crippen LogP contribution in [0.5, 0.6) is 11.5 Å². The molecule has 0 fully saturated rings.